The van der Waals surface area contributed by atoms with Gasteiger partial charge in [-0.15, -0.1) is 0 Å². The average Bonchev–Trinajstić information content (AvgIpc) is 3.34. The first-order valence-electron chi connectivity index (χ1n) is 13.6. The quantitative estimate of drug-likeness (QED) is 0.254. The van der Waals surface area contributed by atoms with Gasteiger partial charge in [-0.1, -0.05) is 60.7 Å². The minimum Gasteiger partial charge on any atom is -0.480 e. The Morgan fingerprint density at radius 2 is 1.57 bits per heavy atom. The molecule has 1 atom stereocenters. The number of carbonyl (C=O) groups is 2. The summed E-state index contributed by atoms with van der Waals surface area (Å²) < 4.78 is 46.6. The van der Waals surface area contributed by atoms with Gasteiger partial charge < -0.3 is 15.0 Å². The van der Waals surface area contributed by atoms with Crippen LogP contribution in [0.15, 0.2) is 89.9 Å². The lowest BCUT2D eigenvalue weighted by atomic mass is 9.90. The van der Waals surface area contributed by atoms with Crippen molar-refractivity contribution in [3.63, 3.8) is 0 Å². The van der Waals surface area contributed by atoms with Crippen molar-refractivity contribution in [3.8, 4) is 11.1 Å². The number of aryl methyl sites for hydroxylation is 2. The van der Waals surface area contributed by atoms with Crippen molar-refractivity contribution in [2.75, 3.05) is 0 Å². The molecule has 222 valence electrons. The zero-order valence-corrected chi connectivity index (χ0v) is 23.5. The largest absolute Gasteiger partial charge is 0.480 e. The van der Waals surface area contributed by atoms with Gasteiger partial charge in [0.05, 0.1) is 22.2 Å². The van der Waals surface area contributed by atoms with E-state index in [1.807, 2.05) is 0 Å². The van der Waals surface area contributed by atoms with E-state index in [0.29, 0.717) is 27.4 Å². The normalized spacial score (nSPS) is 12.6. The maximum absolute atomic E-state index is 14.6. The summed E-state index contributed by atoms with van der Waals surface area (Å²) in [5.41, 5.74) is -0.297. The van der Waals surface area contributed by atoms with Crippen molar-refractivity contribution in [3.05, 3.63) is 118 Å². The third-order valence-electron chi connectivity index (χ3n) is 7.90. The standard InChI is InChI=1S/C33H25F3N4O4/c1-18-25-14-5-6-16-40(25)38-29(18)30(41)37-24(32(43)44)17-19-9-7-12-21-20(19)11-8-13-22(21)27-28(33(34,35)36)23-10-3-4-15-26(23)39(2)31(27)42/h3-16,24H,17H2,1-2H3,(H,37,41)(H,43,44)/t24-/m0/s1. The highest BCUT2D eigenvalue weighted by atomic mass is 19.4. The summed E-state index contributed by atoms with van der Waals surface area (Å²) in [5.74, 6) is -1.97. The summed E-state index contributed by atoms with van der Waals surface area (Å²) in [4.78, 5) is 39.0. The number of aromatic nitrogens is 3. The second kappa shape index (κ2) is 10.7. The number of halogens is 3. The van der Waals surface area contributed by atoms with E-state index >= 15 is 0 Å². The molecular formula is C33H25F3N4O4. The lowest BCUT2D eigenvalue weighted by Crippen LogP contribution is -2.42. The molecule has 44 heavy (non-hydrogen) atoms. The first kappa shape index (κ1) is 28.7. The molecule has 2 N–H and O–H groups in total. The van der Waals surface area contributed by atoms with Crippen molar-refractivity contribution in [2.45, 2.75) is 25.6 Å². The number of nitrogens with one attached hydrogen (secondary N) is 1. The highest BCUT2D eigenvalue weighted by molar-refractivity contribution is 6.02. The monoisotopic (exact) mass is 598 g/mol. The van der Waals surface area contributed by atoms with Crippen molar-refractivity contribution in [2.24, 2.45) is 7.05 Å². The summed E-state index contributed by atoms with van der Waals surface area (Å²) in [6.45, 7) is 1.71. The van der Waals surface area contributed by atoms with Crippen molar-refractivity contribution < 1.29 is 27.9 Å². The van der Waals surface area contributed by atoms with Gasteiger partial charge in [-0.05, 0) is 47.0 Å². The Hall–Kier alpha value is -5.45. The van der Waals surface area contributed by atoms with Crippen molar-refractivity contribution >= 4 is 39.1 Å². The molecule has 11 heteroatoms. The highest BCUT2D eigenvalue weighted by Gasteiger charge is 2.38. The Kier molecular flexibility index (Phi) is 6.95. The third kappa shape index (κ3) is 4.76. The first-order valence-corrected chi connectivity index (χ1v) is 13.6. The van der Waals surface area contributed by atoms with E-state index in [1.165, 1.54) is 46.5 Å². The van der Waals surface area contributed by atoms with Crippen LogP contribution >= 0.6 is 0 Å². The van der Waals surface area contributed by atoms with Gasteiger partial charge in [-0.3, -0.25) is 9.59 Å². The van der Waals surface area contributed by atoms with Gasteiger partial charge in [-0.25, -0.2) is 9.31 Å². The van der Waals surface area contributed by atoms with Crippen LogP contribution in [0.25, 0.3) is 38.3 Å². The topological polar surface area (TPSA) is 106 Å². The predicted octanol–water partition coefficient (Wildman–Crippen LogP) is 5.76. The molecule has 0 radical (unpaired) electrons. The second-order valence-corrected chi connectivity index (χ2v) is 10.5. The number of rotatable bonds is 6. The molecule has 0 bridgehead atoms. The molecule has 0 aliphatic heterocycles. The Morgan fingerprint density at radius 1 is 0.909 bits per heavy atom. The van der Waals surface area contributed by atoms with Gasteiger partial charge in [-0.2, -0.15) is 18.3 Å². The predicted molar refractivity (Wildman–Crippen MR) is 160 cm³/mol. The summed E-state index contributed by atoms with van der Waals surface area (Å²) in [6, 6.07) is 19.3. The molecule has 0 saturated heterocycles. The molecule has 6 aromatic rings. The second-order valence-electron chi connectivity index (χ2n) is 10.5. The van der Waals surface area contributed by atoms with Crippen LogP contribution in [0, 0.1) is 6.92 Å². The van der Waals surface area contributed by atoms with Crippen molar-refractivity contribution in [1.29, 1.82) is 0 Å². The number of para-hydroxylation sites is 1. The summed E-state index contributed by atoms with van der Waals surface area (Å²) in [5, 5.41) is 17.5. The SMILES string of the molecule is Cc1c(C(=O)N[C@@H](Cc2cccc3c(-c4c(C(F)(F)F)c5ccccc5n(C)c4=O)cccc23)C(=O)O)nn2ccccc12. The molecule has 0 saturated carbocycles. The average molecular weight is 599 g/mol. The van der Waals surface area contributed by atoms with Crippen LogP contribution in [0.3, 0.4) is 0 Å². The number of nitrogens with zero attached hydrogens (tertiary/aromatic N) is 3. The maximum Gasteiger partial charge on any atom is 0.417 e. The highest BCUT2D eigenvalue weighted by Crippen LogP contribution is 2.42. The van der Waals surface area contributed by atoms with E-state index in [4.69, 9.17) is 0 Å². The van der Waals surface area contributed by atoms with Gasteiger partial charge >= 0.3 is 12.1 Å². The number of carbonyl (C=O) groups excluding carboxylic acids is 1. The Labute approximate surface area is 248 Å². The first-order chi connectivity index (χ1) is 21.0. The van der Waals surface area contributed by atoms with Crippen LogP contribution in [0.4, 0.5) is 13.2 Å². The van der Waals surface area contributed by atoms with Gasteiger partial charge in [0, 0.05) is 30.6 Å². The van der Waals surface area contributed by atoms with Gasteiger partial charge in [0.25, 0.3) is 11.5 Å². The van der Waals surface area contributed by atoms with E-state index < -0.39 is 40.8 Å². The van der Waals surface area contributed by atoms with Crippen LogP contribution in [0.1, 0.15) is 27.2 Å². The van der Waals surface area contributed by atoms with E-state index in [0.717, 1.165) is 0 Å². The van der Waals surface area contributed by atoms with Crippen LogP contribution < -0.4 is 10.9 Å². The Bertz CT molecular complexity index is 2180. The molecule has 1 amide bonds. The van der Waals surface area contributed by atoms with Crippen LogP contribution in [0.5, 0.6) is 0 Å². The minimum atomic E-state index is -4.84. The van der Waals surface area contributed by atoms with E-state index in [2.05, 4.69) is 10.4 Å². The van der Waals surface area contributed by atoms with Crippen molar-refractivity contribution in [1.82, 2.24) is 19.5 Å². The molecule has 0 fully saturated rings. The van der Waals surface area contributed by atoms with Gasteiger partial charge in [0.1, 0.15) is 6.04 Å². The van der Waals surface area contributed by atoms with Crippen LogP contribution in [0.2, 0.25) is 0 Å². The molecule has 0 aliphatic carbocycles. The van der Waals surface area contributed by atoms with E-state index in [1.54, 1.807) is 61.7 Å². The van der Waals surface area contributed by atoms with Crippen LogP contribution in [-0.4, -0.2) is 37.2 Å². The molecule has 8 nitrogen and oxygen atoms in total. The molecule has 0 unspecified atom stereocenters. The molecule has 0 spiro atoms. The number of hydrogen-bond acceptors (Lipinski definition) is 4. The zero-order chi connectivity index (χ0) is 31.3. The van der Waals surface area contributed by atoms with Gasteiger partial charge in [0.15, 0.2) is 5.69 Å². The lowest BCUT2D eigenvalue weighted by molar-refractivity contribution is -0.139. The molecule has 3 aromatic carbocycles. The summed E-state index contributed by atoms with van der Waals surface area (Å²) in [6.07, 6.45) is -3.33. The number of pyridine rings is 2. The molecule has 3 aromatic heterocycles. The number of carboxylic acids is 1. The smallest absolute Gasteiger partial charge is 0.417 e. The fourth-order valence-electron chi connectivity index (χ4n) is 5.80. The number of aliphatic carboxylic acids is 1. The maximum atomic E-state index is 14.6. The molecule has 6 rings (SSSR count). The fraction of sp³-hybridized carbons (Fsp3) is 0.152. The molecular weight excluding hydrogens is 573 g/mol. The zero-order valence-electron chi connectivity index (χ0n) is 23.5. The number of amides is 1. The van der Waals surface area contributed by atoms with E-state index in [-0.39, 0.29) is 28.6 Å². The lowest BCUT2D eigenvalue weighted by Gasteiger charge is -2.20. The van der Waals surface area contributed by atoms with E-state index in [9.17, 15) is 32.7 Å². The number of benzene rings is 3. The van der Waals surface area contributed by atoms with Crippen LogP contribution in [-0.2, 0) is 24.4 Å². The number of fused-ring (bicyclic) bond motifs is 3. The number of hydrogen-bond donors (Lipinski definition) is 2. The summed E-state index contributed by atoms with van der Waals surface area (Å²) >= 11 is 0. The molecule has 3 heterocycles. The third-order valence-corrected chi connectivity index (χ3v) is 7.90. The number of carboxylic acid groups (broad SMARTS) is 1. The Morgan fingerprint density at radius 3 is 2.30 bits per heavy atom. The summed E-state index contributed by atoms with van der Waals surface area (Å²) in [7, 11) is 1.43. The number of alkyl halides is 3. The van der Waals surface area contributed by atoms with Gasteiger partial charge in [0.2, 0.25) is 0 Å². The minimum absolute atomic E-state index is 0.0688. The Balaban J connectivity index is 1.45. The fourth-order valence-corrected chi connectivity index (χ4v) is 5.80. The molecule has 0 aliphatic rings.